The van der Waals surface area contributed by atoms with Gasteiger partial charge in [-0.05, 0) is 47.4 Å². The predicted octanol–water partition coefficient (Wildman–Crippen LogP) is 3.93. The summed E-state index contributed by atoms with van der Waals surface area (Å²) in [7, 11) is 0. The van der Waals surface area contributed by atoms with Gasteiger partial charge in [-0.1, -0.05) is 18.7 Å². The maximum absolute atomic E-state index is 13.9. The van der Waals surface area contributed by atoms with Gasteiger partial charge >= 0.3 is 5.97 Å². The van der Waals surface area contributed by atoms with E-state index in [0.717, 1.165) is 23.9 Å². The molecule has 7 heteroatoms. The number of fused-ring (bicyclic) bond motifs is 1. The number of rotatable bonds is 4. The summed E-state index contributed by atoms with van der Waals surface area (Å²) in [5.41, 5.74) is 1.49. The highest BCUT2D eigenvalue weighted by molar-refractivity contribution is 14.1. The van der Waals surface area contributed by atoms with Gasteiger partial charge in [-0.3, -0.25) is 4.79 Å². The van der Waals surface area contributed by atoms with E-state index in [9.17, 15) is 9.18 Å². The summed E-state index contributed by atoms with van der Waals surface area (Å²) in [6, 6.07) is 3.52. The first-order valence-electron chi connectivity index (χ1n) is 6.67. The Morgan fingerprint density at radius 3 is 2.90 bits per heavy atom. The van der Waals surface area contributed by atoms with Gasteiger partial charge in [0.25, 0.3) is 0 Å². The van der Waals surface area contributed by atoms with Crippen LogP contribution in [0.15, 0.2) is 17.3 Å². The summed E-state index contributed by atoms with van der Waals surface area (Å²) in [6.07, 6.45) is 2.05. The van der Waals surface area contributed by atoms with E-state index < -0.39 is 5.97 Å². The van der Waals surface area contributed by atoms with E-state index in [1.54, 1.807) is 6.07 Å². The van der Waals surface area contributed by atoms with E-state index in [1.165, 1.54) is 17.8 Å². The minimum Gasteiger partial charge on any atom is -0.481 e. The molecule has 2 aromatic rings. The fraction of sp³-hybridized carbons (Fsp3) is 0.429. The summed E-state index contributed by atoms with van der Waals surface area (Å²) < 4.78 is 16.4. The molecule has 1 aromatic heterocycles. The Hall–Kier alpha value is -0.830. The molecule has 0 unspecified atom stereocenters. The third-order valence-corrected chi connectivity index (χ3v) is 5.50. The maximum atomic E-state index is 13.9. The van der Waals surface area contributed by atoms with Gasteiger partial charge < -0.3 is 9.67 Å². The smallest absolute Gasteiger partial charge is 0.313 e. The second-order valence-electron chi connectivity index (χ2n) is 5.43. The monoisotopic (exact) mass is 420 g/mol. The molecule has 0 spiro atoms. The summed E-state index contributed by atoms with van der Waals surface area (Å²) in [6.45, 7) is 2.18. The molecule has 1 aromatic carbocycles. The number of nitrogens with zero attached hydrogens (tertiary/aromatic N) is 2. The zero-order valence-corrected chi connectivity index (χ0v) is 14.3. The molecule has 0 saturated heterocycles. The van der Waals surface area contributed by atoms with Crippen LogP contribution in [0, 0.1) is 15.3 Å². The van der Waals surface area contributed by atoms with Crippen molar-refractivity contribution in [3.63, 3.8) is 0 Å². The van der Waals surface area contributed by atoms with Gasteiger partial charge in [0.15, 0.2) is 5.16 Å². The van der Waals surface area contributed by atoms with Crippen LogP contribution in [0.1, 0.15) is 25.8 Å². The molecule has 1 aliphatic rings. The van der Waals surface area contributed by atoms with Crippen molar-refractivity contribution in [2.75, 3.05) is 5.75 Å². The SMILES string of the molecule is CC1CC(n2c(SCC(=O)O)nc3cc(I)c(F)cc32)C1. The first-order chi connectivity index (χ1) is 9.95. The van der Waals surface area contributed by atoms with Gasteiger partial charge in [-0.25, -0.2) is 9.37 Å². The zero-order chi connectivity index (χ0) is 15.1. The number of aliphatic carboxylic acids is 1. The highest BCUT2D eigenvalue weighted by atomic mass is 127. The number of aromatic nitrogens is 2. The highest BCUT2D eigenvalue weighted by Crippen LogP contribution is 2.42. The first-order valence-corrected chi connectivity index (χ1v) is 8.73. The molecular weight excluding hydrogens is 406 g/mol. The molecule has 0 aliphatic heterocycles. The topological polar surface area (TPSA) is 55.1 Å². The molecule has 21 heavy (non-hydrogen) atoms. The molecule has 4 nitrogen and oxygen atoms in total. The summed E-state index contributed by atoms with van der Waals surface area (Å²) in [4.78, 5) is 15.3. The Bertz CT molecular complexity index is 713. The van der Waals surface area contributed by atoms with E-state index in [0.29, 0.717) is 20.7 Å². The Kier molecular flexibility index (Phi) is 4.13. The number of hydrogen-bond donors (Lipinski definition) is 1. The standard InChI is InChI=1S/C14H14FIN2O2S/c1-7-2-8(3-7)18-12-4-9(15)10(16)5-11(12)17-14(18)21-6-13(19)20/h4-5,7-8H,2-3,6H2,1H3,(H,19,20). The average molecular weight is 420 g/mol. The number of carboxylic acids is 1. The van der Waals surface area contributed by atoms with Crippen LogP contribution in [0.5, 0.6) is 0 Å². The number of carboxylic acid groups (broad SMARTS) is 1. The predicted molar refractivity (Wildman–Crippen MR) is 88.2 cm³/mol. The molecule has 0 bridgehead atoms. The van der Waals surface area contributed by atoms with Gasteiger partial charge in [-0.15, -0.1) is 0 Å². The Morgan fingerprint density at radius 1 is 1.57 bits per heavy atom. The van der Waals surface area contributed by atoms with Gasteiger partial charge in [0.2, 0.25) is 0 Å². The normalized spacial score (nSPS) is 21.5. The van der Waals surface area contributed by atoms with Crippen molar-refractivity contribution in [1.29, 1.82) is 0 Å². The number of carbonyl (C=O) groups is 1. The molecule has 1 saturated carbocycles. The Morgan fingerprint density at radius 2 is 2.29 bits per heavy atom. The van der Waals surface area contributed by atoms with Crippen molar-refractivity contribution in [3.05, 3.63) is 21.5 Å². The molecule has 0 amide bonds. The molecular formula is C14H14FIN2O2S. The van der Waals surface area contributed by atoms with Crippen molar-refractivity contribution in [2.24, 2.45) is 5.92 Å². The number of halogens is 2. The van der Waals surface area contributed by atoms with Crippen LogP contribution in [0.25, 0.3) is 11.0 Å². The third kappa shape index (κ3) is 2.90. The van der Waals surface area contributed by atoms with Gasteiger partial charge in [-0.2, -0.15) is 0 Å². The molecule has 0 atom stereocenters. The van der Waals surface area contributed by atoms with E-state index in [-0.39, 0.29) is 11.6 Å². The average Bonchev–Trinajstić information content (AvgIpc) is 2.71. The van der Waals surface area contributed by atoms with Gasteiger partial charge in [0.1, 0.15) is 5.82 Å². The minimum atomic E-state index is -0.874. The lowest BCUT2D eigenvalue weighted by molar-refractivity contribution is -0.133. The lowest BCUT2D eigenvalue weighted by atomic mass is 9.81. The number of thioether (sulfide) groups is 1. The maximum Gasteiger partial charge on any atom is 0.313 e. The number of imidazole rings is 1. The highest BCUT2D eigenvalue weighted by Gasteiger charge is 2.30. The van der Waals surface area contributed by atoms with Gasteiger partial charge in [0.05, 0.1) is 20.4 Å². The lowest BCUT2D eigenvalue weighted by Gasteiger charge is -2.35. The molecule has 3 rings (SSSR count). The quantitative estimate of drug-likeness (QED) is 0.602. The fourth-order valence-corrected chi connectivity index (χ4v) is 3.97. The van der Waals surface area contributed by atoms with Crippen LogP contribution in [-0.4, -0.2) is 26.4 Å². The number of benzene rings is 1. The molecule has 1 aliphatic carbocycles. The molecule has 1 fully saturated rings. The summed E-state index contributed by atoms with van der Waals surface area (Å²) in [5, 5.41) is 9.53. The van der Waals surface area contributed by atoms with Crippen molar-refractivity contribution < 1.29 is 14.3 Å². The van der Waals surface area contributed by atoms with E-state index in [1.807, 2.05) is 27.2 Å². The van der Waals surface area contributed by atoms with Crippen LogP contribution in [-0.2, 0) is 4.79 Å². The summed E-state index contributed by atoms with van der Waals surface area (Å²) >= 11 is 3.14. The molecule has 0 radical (unpaired) electrons. The van der Waals surface area contributed by atoms with Crippen molar-refractivity contribution in [2.45, 2.75) is 31.0 Å². The largest absolute Gasteiger partial charge is 0.481 e. The van der Waals surface area contributed by atoms with Crippen LogP contribution in [0.2, 0.25) is 0 Å². The lowest BCUT2D eigenvalue weighted by Crippen LogP contribution is -2.25. The number of hydrogen-bond acceptors (Lipinski definition) is 3. The Balaban J connectivity index is 2.06. The van der Waals surface area contributed by atoms with Crippen LogP contribution in [0.3, 0.4) is 0 Å². The zero-order valence-electron chi connectivity index (χ0n) is 11.3. The van der Waals surface area contributed by atoms with Gasteiger partial charge in [0, 0.05) is 12.1 Å². The van der Waals surface area contributed by atoms with E-state index in [4.69, 9.17) is 5.11 Å². The van der Waals surface area contributed by atoms with Crippen molar-refractivity contribution in [3.8, 4) is 0 Å². The third-order valence-electron chi connectivity index (χ3n) is 3.74. The van der Waals surface area contributed by atoms with E-state index >= 15 is 0 Å². The second-order valence-corrected chi connectivity index (χ2v) is 7.54. The van der Waals surface area contributed by atoms with Crippen LogP contribution >= 0.6 is 34.4 Å². The molecule has 112 valence electrons. The van der Waals surface area contributed by atoms with Crippen molar-refractivity contribution >= 4 is 51.4 Å². The van der Waals surface area contributed by atoms with Crippen LogP contribution < -0.4 is 0 Å². The molecule has 1 heterocycles. The summed E-state index contributed by atoms with van der Waals surface area (Å²) in [5.74, 6) is -0.517. The fourth-order valence-electron chi connectivity index (χ4n) is 2.72. The Labute approximate surface area is 139 Å². The van der Waals surface area contributed by atoms with Crippen molar-refractivity contribution in [1.82, 2.24) is 9.55 Å². The second kappa shape index (κ2) is 5.75. The minimum absolute atomic E-state index is 0.0365. The van der Waals surface area contributed by atoms with Crippen LogP contribution in [0.4, 0.5) is 4.39 Å². The molecule has 1 N–H and O–H groups in total. The first kappa shape index (κ1) is 15.1. The van der Waals surface area contributed by atoms with E-state index in [2.05, 4.69) is 11.9 Å².